The van der Waals surface area contributed by atoms with Gasteiger partial charge in [-0.25, -0.2) is 0 Å². The summed E-state index contributed by atoms with van der Waals surface area (Å²) >= 11 is 0. The Morgan fingerprint density at radius 2 is 0.474 bits per heavy atom. The zero-order chi connectivity index (χ0) is 51.5. The molecule has 78 heavy (non-hydrogen) atoms. The van der Waals surface area contributed by atoms with Crippen molar-refractivity contribution in [2.45, 2.75) is 0 Å². The van der Waals surface area contributed by atoms with Gasteiger partial charge in [-0.15, -0.1) is 0 Å². The average Bonchev–Trinajstić information content (AvgIpc) is 3.71. The Bertz CT molecular complexity index is 4060. The lowest BCUT2D eigenvalue weighted by Crippen LogP contribution is -2.15. The Hall–Kier alpha value is -10.4. The van der Waals surface area contributed by atoms with E-state index in [0.29, 0.717) is 0 Å². The number of nitrogens with zero attached hydrogens (tertiary/aromatic N) is 2. The fraction of sp³-hybridized carbons (Fsp3) is 0. The maximum atomic E-state index is 6.56. The highest BCUT2D eigenvalue weighted by Gasteiger charge is 2.29. The summed E-state index contributed by atoms with van der Waals surface area (Å²) < 4.78 is 13.1. The maximum absolute atomic E-state index is 6.56. The Kier molecular flexibility index (Phi) is 10.8. The van der Waals surface area contributed by atoms with Gasteiger partial charge in [-0.3, -0.25) is 0 Å². The van der Waals surface area contributed by atoms with Gasteiger partial charge in [0, 0.05) is 11.4 Å². The van der Waals surface area contributed by atoms with Crippen molar-refractivity contribution in [2.24, 2.45) is 0 Å². The molecule has 0 fully saturated rings. The minimum atomic E-state index is 0.814. The predicted octanol–water partition coefficient (Wildman–Crippen LogP) is 21.1. The van der Waals surface area contributed by atoms with E-state index >= 15 is 0 Å². The molecule has 4 nitrogen and oxygen atoms in total. The second-order valence-electron chi connectivity index (χ2n) is 20.0. The number of ether oxygens (including phenoxy) is 2. The van der Waals surface area contributed by atoms with Crippen molar-refractivity contribution < 1.29 is 9.47 Å². The smallest absolute Gasteiger partial charge is 0.151 e. The van der Waals surface area contributed by atoms with E-state index < -0.39 is 0 Å². The van der Waals surface area contributed by atoms with E-state index in [1.807, 2.05) is 24.3 Å². The van der Waals surface area contributed by atoms with Crippen molar-refractivity contribution in [3.8, 4) is 89.8 Å². The first-order valence-electron chi connectivity index (χ1n) is 26.6. The first-order chi connectivity index (χ1) is 38.7. The quantitative estimate of drug-likeness (QED) is 0.142. The van der Waals surface area contributed by atoms with Crippen molar-refractivity contribution in [1.82, 2.24) is 0 Å². The standard InChI is InChI=1S/C74H48N2O2/c1-3-17-49(18-4-1)51-33-37-53(38-34-51)55-21-15-23-57(45-55)73-61-43-41-60(76-67-27-9-13-31-71(67)78-72-32-14-10-28-68(72)76)48-64(61)74(58-24-16-22-56(46-58)54-39-35-52(36-40-54)50-19-5-2-6-20-50)62-44-42-59(47-63(62)73)75-65-25-7-11-29-69(65)77-70-30-12-8-26-66(70)75/h1-48H. The van der Waals surface area contributed by atoms with Crippen LogP contribution >= 0.6 is 0 Å². The number of fused-ring (bicyclic) bond motifs is 6. The second-order valence-corrected chi connectivity index (χ2v) is 20.0. The van der Waals surface area contributed by atoms with E-state index in [1.165, 1.54) is 22.3 Å². The van der Waals surface area contributed by atoms with Gasteiger partial charge in [0.05, 0.1) is 22.7 Å². The van der Waals surface area contributed by atoms with Gasteiger partial charge in [-0.1, -0.05) is 206 Å². The van der Waals surface area contributed by atoms with Gasteiger partial charge in [0.15, 0.2) is 23.0 Å². The van der Waals surface area contributed by atoms with Gasteiger partial charge >= 0.3 is 0 Å². The minimum absolute atomic E-state index is 0.814. The Balaban J connectivity index is 0.995. The lowest BCUT2D eigenvalue weighted by atomic mass is 9.84. The monoisotopic (exact) mass is 996 g/mol. The number of anilines is 6. The summed E-state index contributed by atoms with van der Waals surface area (Å²) in [5, 5.41) is 4.57. The van der Waals surface area contributed by atoms with E-state index in [9.17, 15) is 0 Å². The van der Waals surface area contributed by atoms with Crippen LogP contribution in [0.4, 0.5) is 34.1 Å². The normalized spacial score (nSPS) is 12.3. The highest BCUT2D eigenvalue weighted by molar-refractivity contribution is 6.23. The van der Waals surface area contributed by atoms with Crippen molar-refractivity contribution in [2.75, 3.05) is 9.80 Å². The molecule has 0 spiro atoms. The molecule has 0 amide bonds. The van der Waals surface area contributed by atoms with Crippen molar-refractivity contribution in [3.63, 3.8) is 0 Å². The molecule has 2 aliphatic rings. The molecule has 0 N–H and O–H groups in total. The summed E-state index contributed by atoms with van der Waals surface area (Å²) in [5.74, 6) is 3.26. The van der Waals surface area contributed by atoms with E-state index in [1.54, 1.807) is 0 Å². The molecule has 4 heteroatoms. The molecular weight excluding hydrogens is 949 g/mol. The van der Waals surface area contributed by atoms with Crippen LogP contribution in [-0.2, 0) is 0 Å². The summed E-state index contributed by atoms with van der Waals surface area (Å²) in [5.41, 5.74) is 20.0. The molecule has 0 saturated carbocycles. The van der Waals surface area contributed by atoms with Gasteiger partial charge in [0.25, 0.3) is 0 Å². The third-order valence-corrected chi connectivity index (χ3v) is 15.4. The summed E-state index contributed by atoms with van der Waals surface area (Å²) in [6.07, 6.45) is 0. The van der Waals surface area contributed by atoms with Crippen LogP contribution in [0.25, 0.3) is 88.3 Å². The Morgan fingerprint density at radius 3 is 0.833 bits per heavy atom. The molecule has 0 aromatic heterocycles. The molecule has 13 aromatic carbocycles. The first kappa shape index (κ1) is 45.0. The van der Waals surface area contributed by atoms with Crippen LogP contribution in [0.2, 0.25) is 0 Å². The fourth-order valence-electron chi connectivity index (χ4n) is 11.8. The number of para-hydroxylation sites is 8. The van der Waals surface area contributed by atoms with Gasteiger partial charge in [-0.2, -0.15) is 0 Å². The minimum Gasteiger partial charge on any atom is -0.453 e. The van der Waals surface area contributed by atoms with Crippen LogP contribution in [0.15, 0.2) is 291 Å². The fourth-order valence-corrected chi connectivity index (χ4v) is 11.8. The second kappa shape index (κ2) is 18.7. The largest absolute Gasteiger partial charge is 0.453 e. The van der Waals surface area contributed by atoms with Gasteiger partial charge in [0.2, 0.25) is 0 Å². The molecule has 2 heterocycles. The maximum Gasteiger partial charge on any atom is 0.151 e. The zero-order valence-electron chi connectivity index (χ0n) is 42.4. The van der Waals surface area contributed by atoms with Gasteiger partial charge in [0.1, 0.15) is 0 Å². The number of hydrogen-bond donors (Lipinski definition) is 0. The molecular formula is C74H48N2O2. The number of hydrogen-bond acceptors (Lipinski definition) is 4. The van der Waals surface area contributed by atoms with Crippen molar-refractivity contribution in [1.29, 1.82) is 0 Å². The lowest BCUT2D eigenvalue weighted by molar-refractivity contribution is 0.477. The molecule has 0 radical (unpaired) electrons. The molecule has 0 unspecified atom stereocenters. The van der Waals surface area contributed by atoms with E-state index in [4.69, 9.17) is 9.47 Å². The van der Waals surface area contributed by atoms with E-state index in [-0.39, 0.29) is 0 Å². The summed E-state index contributed by atoms with van der Waals surface area (Å²) in [6.45, 7) is 0. The highest BCUT2D eigenvalue weighted by Crippen LogP contribution is 2.55. The molecule has 13 aromatic rings. The van der Waals surface area contributed by atoms with Crippen LogP contribution in [0.1, 0.15) is 0 Å². The Morgan fingerprint density at radius 1 is 0.192 bits per heavy atom. The third kappa shape index (κ3) is 7.77. The molecule has 0 saturated heterocycles. The van der Waals surface area contributed by atoms with Crippen LogP contribution in [0.5, 0.6) is 23.0 Å². The molecule has 366 valence electrons. The molecule has 2 aliphatic heterocycles. The molecule has 0 atom stereocenters. The number of benzene rings is 13. The number of rotatable bonds is 8. The van der Waals surface area contributed by atoms with Crippen LogP contribution in [0.3, 0.4) is 0 Å². The molecule has 0 bridgehead atoms. The predicted molar refractivity (Wildman–Crippen MR) is 324 cm³/mol. The van der Waals surface area contributed by atoms with E-state index in [0.717, 1.165) is 123 Å². The van der Waals surface area contributed by atoms with Crippen molar-refractivity contribution in [3.05, 3.63) is 291 Å². The third-order valence-electron chi connectivity index (χ3n) is 15.4. The zero-order valence-corrected chi connectivity index (χ0v) is 42.4. The topological polar surface area (TPSA) is 24.9 Å². The first-order valence-corrected chi connectivity index (χ1v) is 26.6. The highest BCUT2D eigenvalue weighted by atomic mass is 16.5. The molecule has 15 rings (SSSR count). The van der Waals surface area contributed by atoms with Crippen LogP contribution < -0.4 is 19.3 Å². The van der Waals surface area contributed by atoms with E-state index in [2.05, 4.69) is 277 Å². The van der Waals surface area contributed by atoms with Crippen molar-refractivity contribution >= 4 is 55.7 Å². The van der Waals surface area contributed by atoms with Gasteiger partial charge in [-0.05, 0) is 173 Å². The summed E-state index contributed by atoms with van der Waals surface area (Å²) in [4.78, 5) is 4.70. The summed E-state index contributed by atoms with van der Waals surface area (Å²) in [7, 11) is 0. The summed E-state index contributed by atoms with van der Waals surface area (Å²) in [6, 6.07) is 105. The molecule has 0 aliphatic carbocycles. The lowest BCUT2D eigenvalue weighted by Gasteiger charge is -2.33. The SMILES string of the molecule is c1ccc(-c2ccc(-c3cccc(-c4c5ccc(N6c7ccccc7Oc7ccccc76)cc5c(-c5cccc(-c6ccc(-c7ccccc7)cc6)c5)c5ccc(N6c7ccccc7Oc7ccccc76)cc45)c3)cc2)cc1. The van der Waals surface area contributed by atoms with Gasteiger partial charge < -0.3 is 19.3 Å². The average molecular weight is 997 g/mol. The van der Waals surface area contributed by atoms with Crippen LogP contribution in [0, 0.1) is 0 Å². The Labute approximate surface area is 453 Å². The van der Waals surface area contributed by atoms with Crippen LogP contribution in [-0.4, -0.2) is 0 Å².